The SMILES string of the molecule is CCCCOC1[C@@H](OC)OC(COC(=O)c2ccccc2)[C@@H](O)[C@@H]1N=[N+]=[N-]. The number of carbonyl (C=O) groups excluding carboxylic acids is 1. The molecule has 9 nitrogen and oxygen atoms in total. The third-order valence-electron chi connectivity index (χ3n) is 4.26. The Hall–Kier alpha value is -2.16. The normalized spacial score (nSPS) is 27.6. The van der Waals surface area contributed by atoms with Crippen LogP contribution in [0.15, 0.2) is 35.4 Å². The van der Waals surface area contributed by atoms with Crippen molar-refractivity contribution in [2.45, 2.75) is 50.4 Å². The van der Waals surface area contributed by atoms with E-state index in [4.69, 9.17) is 24.5 Å². The zero-order chi connectivity index (χ0) is 19.6. The van der Waals surface area contributed by atoms with E-state index in [-0.39, 0.29) is 6.61 Å². The lowest BCUT2D eigenvalue weighted by atomic mass is 9.97. The maximum atomic E-state index is 12.1. The zero-order valence-corrected chi connectivity index (χ0v) is 15.4. The number of hydrogen-bond donors (Lipinski definition) is 1. The molecule has 0 aromatic heterocycles. The summed E-state index contributed by atoms with van der Waals surface area (Å²) in [5.41, 5.74) is 9.25. The smallest absolute Gasteiger partial charge is 0.338 e. The number of ether oxygens (including phenoxy) is 4. The minimum atomic E-state index is -1.21. The first-order chi connectivity index (χ1) is 13.1. The molecule has 0 saturated carbocycles. The molecule has 0 amide bonds. The third kappa shape index (κ3) is 5.66. The average molecular weight is 379 g/mol. The minimum Gasteiger partial charge on any atom is -0.459 e. The quantitative estimate of drug-likeness (QED) is 0.231. The molecule has 1 saturated heterocycles. The molecule has 27 heavy (non-hydrogen) atoms. The predicted molar refractivity (Wildman–Crippen MR) is 96.0 cm³/mol. The van der Waals surface area contributed by atoms with E-state index in [9.17, 15) is 9.90 Å². The molecular weight excluding hydrogens is 354 g/mol. The van der Waals surface area contributed by atoms with Crippen molar-refractivity contribution in [1.29, 1.82) is 0 Å². The van der Waals surface area contributed by atoms with Crippen LogP contribution in [0.4, 0.5) is 0 Å². The summed E-state index contributed by atoms with van der Waals surface area (Å²) in [5, 5.41) is 14.2. The monoisotopic (exact) mass is 379 g/mol. The number of carbonyl (C=O) groups is 1. The summed E-state index contributed by atoms with van der Waals surface area (Å²) in [6.45, 7) is 2.22. The van der Waals surface area contributed by atoms with Gasteiger partial charge in [0.2, 0.25) is 0 Å². The first-order valence-electron chi connectivity index (χ1n) is 8.86. The lowest BCUT2D eigenvalue weighted by Crippen LogP contribution is -2.59. The lowest BCUT2D eigenvalue weighted by Gasteiger charge is -2.42. The van der Waals surface area contributed by atoms with E-state index < -0.39 is 36.6 Å². The fourth-order valence-electron chi connectivity index (χ4n) is 2.78. The maximum Gasteiger partial charge on any atom is 0.338 e. The highest BCUT2D eigenvalue weighted by Gasteiger charge is 2.46. The number of esters is 1. The molecule has 148 valence electrons. The van der Waals surface area contributed by atoms with Gasteiger partial charge in [-0.05, 0) is 24.1 Å². The van der Waals surface area contributed by atoms with Gasteiger partial charge in [0.05, 0.1) is 17.7 Å². The molecule has 1 aromatic rings. The van der Waals surface area contributed by atoms with Crippen molar-refractivity contribution in [3.05, 3.63) is 46.3 Å². The van der Waals surface area contributed by atoms with Crippen LogP contribution in [0, 0.1) is 0 Å². The number of unbranched alkanes of at least 4 members (excludes halogenated alkanes) is 1. The van der Waals surface area contributed by atoms with Gasteiger partial charge in [0.25, 0.3) is 0 Å². The Morgan fingerprint density at radius 1 is 1.37 bits per heavy atom. The van der Waals surface area contributed by atoms with Gasteiger partial charge in [-0.15, -0.1) is 0 Å². The molecule has 0 aliphatic carbocycles. The van der Waals surface area contributed by atoms with Crippen molar-refractivity contribution in [1.82, 2.24) is 0 Å². The van der Waals surface area contributed by atoms with E-state index in [2.05, 4.69) is 10.0 Å². The van der Waals surface area contributed by atoms with Crippen LogP contribution in [0.5, 0.6) is 0 Å². The number of aliphatic hydroxyl groups excluding tert-OH is 1. The third-order valence-corrected chi connectivity index (χ3v) is 4.26. The second-order valence-corrected chi connectivity index (χ2v) is 6.12. The van der Waals surface area contributed by atoms with E-state index in [1.54, 1.807) is 30.3 Å². The number of hydrogen-bond acceptors (Lipinski definition) is 7. The predicted octanol–water partition coefficient (Wildman–Crippen LogP) is 2.44. The number of benzene rings is 1. The van der Waals surface area contributed by atoms with Gasteiger partial charge >= 0.3 is 5.97 Å². The van der Waals surface area contributed by atoms with Crippen molar-refractivity contribution in [3.8, 4) is 0 Å². The zero-order valence-electron chi connectivity index (χ0n) is 15.4. The number of azide groups is 1. The van der Waals surface area contributed by atoms with Gasteiger partial charge in [-0.25, -0.2) is 4.79 Å². The van der Waals surface area contributed by atoms with Gasteiger partial charge in [-0.3, -0.25) is 0 Å². The van der Waals surface area contributed by atoms with E-state index in [1.807, 2.05) is 6.92 Å². The Morgan fingerprint density at radius 2 is 2.11 bits per heavy atom. The molecule has 1 fully saturated rings. The van der Waals surface area contributed by atoms with Crippen LogP contribution >= 0.6 is 0 Å². The largest absolute Gasteiger partial charge is 0.459 e. The fourth-order valence-corrected chi connectivity index (χ4v) is 2.78. The molecule has 9 heteroatoms. The molecule has 1 aliphatic rings. The Balaban J connectivity index is 2.05. The summed E-state index contributed by atoms with van der Waals surface area (Å²) < 4.78 is 22.0. The molecule has 1 aliphatic heterocycles. The molecule has 0 bridgehead atoms. The molecule has 0 spiro atoms. The van der Waals surface area contributed by atoms with E-state index in [0.29, 0.717) is 12.2 Å². The minimum absolute atomic E-state index is 0.214. The maximum absolute atomic E-state index is 12.1. The van der Waals surface area contributed by atoms with Gasteiger partial charge in [0.15, 0.2) is 6.29 Å². The summed E-state index contributed by atoms with van der Waals surface area (Å²) in [4.78, 5) is 14.9. The molecule has 1 N–H and O–H groups in total. The first-order valence-corrected chi connectivity index (χ1v) is 8.86. The van der Waals surface area contributed by atoms with Crippen LogP contribution in [0.1, 0.15) is 30.1 Å². The average Bonchev–Trinajstić information content (AvgIpc) is 2.70. The van der Waals surface area contributed by atoms with E-state index >= 15 is 0 Å². The van der Waals surface area contributed by atoms with Gasteiger partial charge in [0.1, 0.15) is 18.8 Å². The highest BCUT2D eigenvalue weighted by Crippen LogP contribution is 2.27. The molecule has 5 atom stereocenters. The summed E-state index contributed by atoms with van der Waals surface area (Å²) >= 11 is 0. The van der Waals surface area contributed by atoms with Crippen molar-refractivity contribution in [2.75, 3.05) is 20.3 Å². The van der Waals surface area contributed by atoms with Crippen LogP contribution in [-0.2, 0) is 18.9 Å². The van der Waals surface area contributed by atoms with Crippen molar-refractivity contribution in [3.63, 3.8) is 0 Å². The Labute approximate surface area is 157 Å². The summed E-state index contributed by atoms with van der Waals surface area (Å²) in [7, 11) is 1.43. The van der Waals surface area contributed by atoms with Gasteiger partial charge in [0, 0.05) is 18.6 Å². The van der Waals surface area contributed by atoms with Crippen LogP contribution in [0.3, 0.4) is 0 Å². The van der Waals surface area contributed by atoms with Crippen molar-refractivity contribution >= 4 is 5.97 Å². The van der Waals surface area contributed by atoms with E-state index in [1.165, 1.54) is 7.11 Å². The molecule has 1 heterocycles. The number of nitrogens with zero attached hydrogens (tertiary/aromatic N) is 3. The lowest BCUT2D eigenvalue weighted by molar-refractivity contribution is -0.277. The second kappa shape index (κ2) is 10.9. The summed E-state index contributed by atoms with van der Waals surface area (Å²) in [6, 6.07) is 7.55. The first kappa shape index (κ1) is 21.1. The Bertz CT molecular complexity index is 637. The van der Waals surface area contributed by atoms with Gasteiger partial charge in [-0.1, -0.05) is 36.7 Å². The molecule has 2 unspecified atom stereocenters. The number of aliphatic hydroxyl groups is 1. The molecule has 0 radical (unpaired) electrons. The number of rotatable bonds is 9. The molecule has 2 rings (SSSR count). The van der Waals surface area contributed by atoms with E-state index in [0.717, 1.165) is 12.8 Å². The van der Waals surface area contributed by atoms with Crippen LogP contribution in [0.2, 0.25) is 0 Å². The Morgan fingerprint density at radius 3 is 2.74 bits per heavy atom. The van der Waals surface area contributed by atoms with Crippen molar-refractivity contribution < 1.29 is 28.8 Å². The molecular formula is C18H25N3O6. The van der Waals surface area contributed by atoms with Crippen LogP contribution in [-0.4, -0.2) is 62.0 Å². The fraction of sp³-hybridized carbons (Fsp3) is 0.611. The number of methoxy groups -OCH3 is 1. The van der Waals surface area contributed by atoms with Crippen LogP contribution < -0.4 is 0 Å². The second-order valence-electron chi connectivity index (χ2n) is 6.12. The topological polar surface area (TPSA) is 123 Å². The highest BCUT2D eigenvalue weighted by atomic mass is 16.7. The van der Waals surface area contributed by atoms with Gasteiger partial charge < -0.3 is 24.1 Å². The van der Waals surface area contributed by atoms with Gasteiger partial charge in [-0.2, -0.15) is 0 Å². The van der Waals surface area contributed by atoms with Crippen molar-refractivity contribution in [2.24, 2.45) is 5.11 Å². The molecule has 1 aromatic carbocycles. The summed E-state index contributed by atoms with van der Waals surface area (Å²) in [5.74, 6) is -0.540. The Kier molecular flexibility index (Phi) is 8.50. The highest BCUT2D eigenvalue weighted by molar-refractivity contribution is 5.89. The standard InChI is InChI=1S/C18H25N3O6/c1-3-4-10-25-16-14(20-21-19)15(22)13(27-18(16)24-2)11-26-17(23)12-8-6-5-7-9-12/h5-9,13-16,18,22H,3-4,10-11H2,1-2H3/t13?,14-,15+,16?,18-/m0/s1. The summed E-state index contributed by atoms with van der Waals surface area (Å²) in [6.07, 6.45) is -2.00. The van der Waals surface area contributed by atoms with Crippen LogP contribution in [0.25, 0.3) is 10.4 Å².